The lowest BCUT2D eigenvalue weighted by Gasteiger charge is -2.07. The largest absolute Gasteiger partial charge is 0.498 e. The molecule has 0 N–H and O–H groups in total. The van der Waals surface area contributed by atoms with E-state index in [1.165, 1.54) is 6.08 Å². The number of benzene rings is 3. The van der Waals surface area contributed by atoms with Gasteiger partial charge in [0.1, 0.15) is 17.2 Å². The lowest BCUT2D eigenvalue weighted by Crippen LogP contribution is -2.04. The molecule has 80 heavy (non-hydrogen) atoms. The number of aliphatic imine (C=N–C) groups is 1. The summed E-state index contributed by atoms with van der Waals surface area (Å²) < 4.78 is 47.7. The van der Waals surface area contributed by atoms with Gasteiger partial charge in [-0.3, -0.25) is 4.99 Å². The Morgan fingerprint density at radius 2 is 0.787 bits per heavy atom. The van der Waals surface area contributed by atoms with E-state index in [4.69, 9.17) is 42.6 Å². The molecule has 0 aromatic heterocycles. The van der Waals surface area contributed by atoms with Crippen LogP contribution in [0.2, 0.25) is 0 Å². The van der Waals surface area contributed by atoms with Crippen molar-refractivity contribution in [3.8, 4) is 17.2 Å². The van der Waals surface area contributed by atoms with E-state index in [1.807, 2.05) is 90.1 Å². The summed E-state index contributed by atoms with van der Waals surface area (Å²) in [5.41, 5.74) is 2.38. The number of allylic oxidation sites excluding steroid dienone is 6. The molecule has 436 valence electrons. The van der Waals surface area contributed by atoms with Crippen molar-refractivity contribution < 1.29 is 66.6 Å². The van der Waals surface area contributed by atoms with Gasteiger partial charge in [-0.2, -0.15) is 0 Å². The highest BCUT2D eigenvalue weighted by atomic mass is 79.9. The molecule has 0 amide bonds. The fraction of sp³-hybridized carbons (Fsp3) is 0.344. The summed E-state index contributed by atoms with van der Waals surface area (Å²) in [4.78, 5) is 60.2. The van der Waals surface area contributed by atoms with Gasteiger partial charge in [-0.05, 0) is 165 Å². The van der Waals surface area contributed by atoms with Crippen LogP contribution in [0.25, 0.3) is 6.08 Å². The van der Waals surface area contributed by atoms with Gasteiger partial charge in [0.15, 0.2) is 0 Å². The number of carbonyl (C=O) groups is 5. The number of hydrogen-bond donors (Lipinski definition) is 0. The summed E-state index contributed by atoms with van der Waals surface area (Å²) in [6, 6.07) is 19.9. The Morgan fingerprint density at radius 1 is 0.450 bits per heavy atom. The molecule has 16 heteroatoms. The Kier molecular flexibility index (Phi) is 47.9. The lowest BCUT2D eigenvalue weighted by atomic mass is 10.2. The minimum atomic E-state index is -0.515. The van der Waals surface area contributed by atoms with E-state index >= 15 is 0 Å². The molecule has 15 nitrogen and oxygen atoms in total. The van der Waals surface area contributed by atoms with Crippen LogP contribution in [-0.2, 0) is 52.4 Å². The van der Waals surface area contributed by atoms with Crippen molar-refractivity contribution in [3.63, 3.8) is 0 Å². The monoisotopic (exact) mass is 1170 g/mol. The smallest absolute Gasteiger partial charge is 0.336 e. The Balaban J connectivity index is 0. The summed E-state index contributed by atoms with van der Waals surface area (Å²) in [7, 11) is 0. The Morgan fingerprint density at radius 3 is 1.14 bits per heavy atom. The maximum Gasteiger partial charge on any atom is 0.336 e. The second-order valence-corrected chi connectivity index (χ2v) is 16.4. The average Bonchev–Trinajstić information content (AvgIpc) is 3.47. The molecular formula is C64H84BrNO14. The normalized spacial score (nSPS) is 10.3. The Bertz CT molecular complexity index is 2350. The first-order valence-corrected chi connectivity index (χ1v) is 27.3. The van der Waals surface area contributed by atoms with Crippen molar-refractivity contribution in [2.45, 2.75) is 92.9 Å². The van der Waals surface area contributed by atoms with Crippen LogP contribution in [0.1, 0.15) is 104 Å². The number of unbranched alkanes of at least 4 members (excludes halogenated alkanes) is 4. The highest BCUT2D eigenvalue weighted by Crippen LogP contribution is 2.30. The van der Waals surface area contributed by atoms with Gasteiger partial charge >= 0.3 is 29.8 Å². The fourth-order valence-electron chi connectivity index (χ4n) is 5.46. The molecule has 0 saturated heterocycles. The van der Waals surface area contributed by atoms with Crippen molar-refractivity contribution in [3.05, 3.63) is 188 Å². The van der Waals surface area contributed by atoms with Crippen LogP contribution in [0.3, 0.4) is 0 Å². The molecule has 0 saturated carbocycles. The van der Waals surface area contributed by atoms with E-state index in [9.17, 15) is 24.0 Å². The molecule has 0 aliphatic rings. The number of carbonyl (C=O) groups excluding carboxylic acids is 5. The molecule has 0 heterocycles. The minimum Gasteiger partial charge on any atom is -0.498 e. The zero-order valence-corrected chi connectivity index (χ0v) is 49.4. The minimum absolute atomic E-state index is 0.331. The standard InChI is InChI=1S/C36H36BrNO8.2C12H18O3.2C2H6/c1-3-34(39)44-23-7-5-21-42-29-14-9-27(10-15-29)13-20-36(41)46-31-18-19-33(32(37)25-31)38-26-28-11-16-30(17-12-28)43-22-6-8-24-45-35(40)4-2;2*1-4-8-11(3)14-9-6-7-10-15-12(13)5-2;2*1-2/h3-4,9-20,25-26H,1-2,5-8,21-24H2;2*4-5,8H,1-2,6-7,9-10H2,3H3;2*1-2H3/b20-13+,38-26?;2*11-8+;;. The molecule has 0 radical (unpaired) electrons. The molecule has 0 unspecified atom stereocenters. The molecule has 0 aliphatic heterocycles. The highest BCUT2D eigenvalue weighted by Gasteiger charge is 2.06. The Labute approximate surface area is 484 Å². The number of esters is 5. The average molecular weight is 1170 g/mol. The van der Waals surface area contributed by atoms with Gasteiger partial charge in [0, 0.05) is 41.1 Å². The van der Waals surface area contributed by atoms with Crippen molar-refractivity contribution in [1.29, 1.82) is 0 Å². The summed E-state index contributed by atoms with van der Waals surface area (Å²) in [6.45, 7) is 36.0. The van der Waals surface area contributed by atoms with Gasteiger partial charge in [0.05, 0.1) is 70.1 Å². The molecule has 0 aliphatic carbocycles. The maximum absolute atomic E-state index is 12.4. The van der Waals surface area contributed by atoms with Gasteiger partial charge in [-0.1, -0.05) is 91.5 Å². The first kappa shape index (κ1) is 74.1. The number of hydrogen-bond acceptors (Lipinski definition) is 15. The van der Waals surface area contributed by atoms with Crippen LogP contribution in [0.4, 0.5) is 5.69 Å². The van der Waals surface area contributed by atoms with E-state index in [0.29, 0.717) is 87.4 Å². The van der Waals surface area contributed by atoms with Crippen LogP contribution >= 0.6 is 15.9 Å². The van der Waals surface area contributed by atoms with Crippen molar-refractivity contribution >= 4 is 63.8 Å². The summed E-state index contributed by atoms with van der Waals surface area (Å²) in [5.74, 6) is 1.39. The van der Waals surface area contributed by atoms with Crippen LogP contribution in [-0.4, -0.2) is 88.9 Å². The predicted octanol–water partition coefficient (Wildman–Crippen LogP) is 14.9. The molecule has 0 atom stereocenters. The predicted molar refractivity (Wildman–Crippen MR) is 324 cm³/mol. The topological polar surface area (TPSA) is 181 Å². The quantitative estimate of drug-likeness (QED) is 0.00793. The molecule has 0 bridgehead atoms. The summed E-state index contributed by atoms with van der Waals surface area (Å²) >= 11 is 3.49. The summed E-state index contributed by atoms with van der Waals surface area (Å²) in [5, 5.41) is 0. The first-order chi connectivity index (χ1) is 38.8. The van der Waals surface area contributed by atoms with E-state index in [1.54, 1.807) is 54.8 Å². The van der Waals surface area contributed by atoms with Crippen molar-refractivity contribution in [2.24, 2.45) is 4.99 Å². The van der Waals surface area contributed by atoms with E-state index < -0.39 is 17.9 Å². The highest BCUT2D eigenvalue weighted by molar-refractivity contribution is 9.10. The zero-order valence-electron chi connectivity index (χ0n) is 47.8. The van der Waals surface area contributed by atoms with E-state index in [2.05, 4.69) is 60.4 Å². The second kappa shape index (κ2) is 51.8. The van der Waals surface area contributed by atoms with Gasteiger partial charge in [-0.25, -0.2) is 24.0 Å². The molecule has 0 spiro atoms. The molecule has 3 rings (SSSR count). The first-order valence-electron chi connectivity index (χ1n) is 26.5. The second-order valence-electron chi connectivity index (χ2n) is 15.5. The molecule has 3 aromatic carbocycles. The van der Waals surface area contributed by atoms with Crippen LogP contribution < -0.4 is 14.2 Å². The van der Waals surface area contributed by atoms with Crippen LogP contribution in [0, 0.1) is 0 Å². The SMILES string of the molecule is C=C/C=C(\C)OCCCCOC(=O)C=C.C=C/C=C(\C)OCCCCOC(=O)C=C.C=CC(=O)OCCCCOc1ccc(C=Nc2ccc(OC(=O)/C=C/c3ccc(OCCCCOC(=O)C=C)cc3)cc2Br)cc1.CC.CC. The van der Waals surface area contributed by atoms with Gasteiger partial charge < -0.3 is 42.6 Å². The van der Waals surface area contributed by atoms with Crippen LogP contribution in [0.5, 0.6) is 17.2 Å². The molecule has 0 fully saturated rings. The van der Waals surface area contributed by atoms with Gasteiger partial charge in [-0.15, -0.1) is 0 Å². The number of rotatable bonds is 35. The van der Waals surface area contributed by atoms with Crippen molar-refractivity contribution in [2.75, 3.05) is 52.9 Å². The Hall–Kier alpha value is -7.98. The number of nitrogens with zero attached hydrogens (tertiary/aromatic N) is 1. The third kappa shape index (κ3) is 42.1. The van der Waals surface area contributed by atoms with E-state index in [0.717, 1.165) is 91.2 Å². The third-order valence-electron chi connectivity index (χ3n) is 9.36. The van der Waals surface area contributed by atoms with E-state index in [-0.39, 0.29) is 11.9 Å². The fourth-order valence-corrected chi connectivity index (χ4v) is 5.92. The molecule has 3 aromatic rings. The third-order valence-corrected chi connectivity index (χ3v) is 10.00. The maximum atomic E-state index is 12.4. The van der Waals surface area contributed by atoms with Gasteiger partial charge in [0.2, 0.25) is 0 Å². The molecular weight excluding hydrogens is 1090 g/mol. The zero-order chi connectivity index (χ0) is 60.0. The van der Waals surface area contributed by atoms with Gasteiger partial charge in [0.25, 0.3) is 0 Å². The lowest BCUT2D eigenvalue weighted by molar-refractivity contribution is -0.138. The van der Waals surface area contributed by atoms with Crippen LogP contribution in [0.15, 0.2) is 182 Å². The van der Waals surface area contributed by atoms with Crippen molar-refractivity contribution in [1.82, 2.24) is 0 Å². The summed E-state index contributed by atoms with van der Waals surface area (Å²) in [6.07, 6.45) is 22.5. The number of halogens is 1. The number of ether oxygens (including phenoxy) is 9.